The molecular weight excluding hydrogens is 244 g/mol. The summed E-state index contributed by atoms with van der Waals surface area (Å²) in [6.07, 6.45) is 5.03. The van der Waals surface area contributed by atoms with Gasteiger partial charge in [0.1, 0.15) is 0 Å². The van der Waals surface area contributed by atoms with E-state index in [0.29, 0.717) is 6.54 Å². The molecular formula is C18H22N2. The first-order chi connectivity index (χ1) is 9.78. The Morgan fingerprint density at radius 1 is 0.900 bits per heavy atom. The predicted molar refractivity (Wildman–Crippen MR) is 83.4 cm³/mol. The number of hydrogen-bond donors (Lipinski definition) is 2. The van der Waals surface area contributed by atoms with Gasteiger partial charge in [0.25, 0.3) is 0 Å². The molecule has 2 aromatic carbocycles. The first-order valence-electron chi connectivity index (χ1n) is 7.44. The molecule has 0 saturated heterocycles. The topological polar surface area (TPSA) is 52.0 Å². The van der Waals surface area contributed by atoms with E-state index in [1.807, 2.05) is 12.1 Å². The van der Waals surface area contributed by atoms with Crippen LogP contribution >= 0.6 is 0 Å². The zero-order valence-corrected chi connectivity index (χ0v) is 11.8. The molecule has 20 heavy (non-hydrogen) atoms. The van der Waals surface area contributed by atoms with Crippen LogP contribution in [-0.2, 0) is 19.4 Å². The predicted octanol–water partition coefficient (Wildman–Crippen LogP) is 3.07. The van der Waals surface area contributed by atoms with Gasteiger partial charge in [-0.1, -0.05) is 42.5 Å². The van der Waals surface area contributed by atoms with Crippen LogP contribution < -0.4 is 11.5 Å². The van der Waals surface area contributed by atoms with Crippen molar-refractivity contribution in [3.05, 3.63) is 70.3 Å². The number of aryl methyl sites for hydroxylation is 2. The summed E-state index contributed by atoms with van der Waals surface area (Å²) in [5.74, 6) is 0. The van der Waals surface area contributed by atoms with Gasteiger partial charge in [0.15, 0.2) is 0 Å². The van der Waals surface area contributed by atoms with Crippen molar-refractivity contribution in [2.24, 2.45) is 11.5 Å². The van der Waals surface area contributed by atoms with Crippen LogP contribution in [0.1, 0.15) is 46.7 Å². The summed E-state index contributed by atoms with van der Waals surface area (Å²) < 4.78 is 0. The second-order valence-corrected chi connectivity index (χ2v) is 5.66. The summed E-state index contributed by atoms with van der Waals surface area (Å²) in [5.41, 5.74) is 18.6. The van der Waals surface area contributed by atoms with Crippen LogP contribution in [0.15, 0.2) is 42.5 Å². The summed E-state index contributed by atoms with van der Waals surface area (Å²) in [7, 11) is 0. The number of benzene rings is 2. The van der Waals surface area contributed by atoms with Gasteiger partial charge in [0, 0.05) is 6.54 Å². The molecule has 2 heteroatoms. The highest BCUT2D eigenvalue weighted by atomic mass is 14.6. The third-order valence-corrected chi connectivity index (χ3v) is 4.28. The molecule has 1 aliphatic carbocycles. The van der Waals surface area contributed by atoms with E-state index in [1.165, 1.54) is 42.4 Å². The summed E-state index contributed by atoms with van der Waals surface area (Å²) in [4.78, 5) is 0. The van der Waals surface area contributed by atoms with Crippen molar-refractivity contribution in [2.45, 2.75) is 38.3 Å². The molecule has 0 fully saturated rings. The van der Waals surface area contributed by atoms with E-state index in [9.17, 15) is 0 Å². The summed E-state index contributed by atoms with van der Waals surface area (Å²) in [6.45, 7) is 0.560. The fourth-order valence-corrected chi connectivity index (χ4v) is 3.05. The maximum Gasteiger partial charge on any atom is 0.0551 e. The van der Waals surface area contributed by atoms with E-state index in [-0.39, 0.29) is 6.04 Å². The van der Waals surface area contributed by atoms with Crippen LogP contribution in [0.3, 0.4) is 0 Å². The zero-order valence-electron chi connectivity index (χ0n) is 11.8. The minimum atomic E-state index is -0.0614. The van der Waals surface area contributed by atoms with Crippen molar-refractivity contribution in [3.63, 3.8) is 0 Å². The van der Waals surface area contributed by atoms with Crippen LogP contribution in [0.2, 0.25) is 0 Å². The zero-order chi connectivity index (χ0) is 13.9. The molecule has 2 nitrogen and oxygen atoms in total. The van der Waals surface area contributed by atoms with Gasteiger partial charge < -0.3 is 11.5 Å². The van der Waals surface area contributed by atoms with Crippen LogP contribution in [0, 0.1) is 0 Å². The highest BCUT2D eigenvalue weighted by molar-refractivity contribution is 5.39. The number of rotatable bonds is 3. The van der Waals surface area contributed by atoms with Gasteiger partial charge in [0.2, 0.25) is 0 Å². The number of hydrogen-bond acceptors (Lipinski definition) is 2. The van der Waals surface area contributed by atoms with Crippen LogP contribution in [0.25, 0.3) is 0 Å². The molecule has 2 aromatic rings. The second-order valence-electron chi connectivity index (χ2n) is 5.66. The van der Waals surface area contributed by atoms with Crippen LogP contribution in [-0.4, -0.2) is 0 Å². The maximum absolute atomic E-state index is 6.43. The summed E-state index contributed by atoms with van der Waals surface area (Å²) >= 11 is 0. The van der Waals surface area contributed by atoms with Gasteiger partial charge in [-0.3, -0.25) is 0 Å². The third kappa shape index (κ3) is 2.62. The van der Waals surface area contributed by atoms with Gasteiger partial charge in [-0.15, -0.1) is 0 Å². The largest absolute Gasteiger partial charge is 0.326 e. The average molecular weight is 266 g/mol. The lowest BCUT2D eigenvalue weighted by Gasteiger charge is -2.19. The van der Waals surface area contributed by atoms with Crippen molar-refractivity contribution >= 4 is 0 Å². The molecule has 0 heterocycles. The molecule has 0 aromatic heterocycles. The van der Waals surface area contributed by atoms with E-state index >= 15 is 0 Å². The minimum Gasteiger partial charge on any atom is -0.326 e. The van der Waals surface area contributed by atoms with Crippen molar-refractivity contribution < 1.29 is 0 Å². The Kier molecular flexibility index (Phi) is 3.86. The van der Waals surface area contributed by atoms with Gasteiger partial charge in [0.05, 0.1) is 6.04 Å². The monoisotopic (exact) mass is 266 g/mol. The normalized spacial score (nSPS) is 15.7. The van der Waals surface area contributed by atoms with Gasteiger partial charge in [-0.2, -0.15) is 0 Å². The molecule has 1 aliphatic rings. The number of nitrogens with two attached hydrogens (primary N) is 2. The Morgan fingerprint density at radius 3 is 2.45 bits per heavy atom. The van der Waals surface area contributed by atoms with Crippen molar-refractivity contribution in [1.82, 2.24) is 0 Å². The van der Waals surface area contributed by atoms with E-state index in [1.54, 1.807) is 0 Å². The molecule has 0 saturated carbocycles. The Labute approximate surface area is 120 Å². The van der Waals surface area contributed by atoms with Crippen molar-refractivity contribution in [1.29, 1.82) is 0 Å². The van der Waals surface area contributed by atoms with Gasteiger partial charge in [-0.25, -0.2) is 0 Å². The lowest BCUT2D eigenvalue weighted by atomic mass is 9.88. The Hall–Kier alpha value is -1.64. The highest BCUT2D eigenvalue weighted by Gasteiger charge is 2.14. The fourth-order valence-electron chi connectivity index (χ4n) is 3.05. The molecule has 0 radical (unpaired) electrons. The third-order valence-electron chi connectivity index (χ3n) is 4.28. The van der Waals surface area contributed by atoms with E-state index in [0.717, 1.165) is 11.1 Å². The lowest BCUT2D eigenvalue weighted by Crippen LogP contribution is -2.14. The molecule has 0 spiro atoms. The summed E-state index contributed by atoms with van der Waals surface area (Å²) in [5, 5.41) is 0. The first-order valence-corrected chi connectivity index (χ1v) is 7.44. The van der Waals surface area contributed by atoms with E-state index < -0.39 is 0 Å². The van der Waals surface area contributed by atoms with Crippen molar-refractivity contribution in [2.75, 3.05) is 0 Å². The Bertz CT molecular complexity index is 604. The average Bonchev–Trinajstić information content (AvgIpc) is 2.53. The molecule has 0 bridgehead atoms. The van der Waals surface area contributed by atoms with E-state index in [4.69, 9.17) is 11.5 Å². The smallest absolute Gasteiger partial charge is 0.0551 e. The highest BCUT2D eigenvalue weighted by Crippen LogP contribution is 2.27. The molecule has 104 valence electrons. The Balaban J connectivity index is 1.91. The standard InChI is InChI=1S/C18H22N2/c19-12-13-4-3-7-16(10-13)18(20)17-9-8-14-5-1-2-6-15(14)11-17/h3-4,7-11,18H,1-2,5-6,12,19-20H2. The van der Waals surface area contributed by atoms with Crippen molar-refractivity contribution in [3.8, 4) is 0 Å². The SMILES string of the molecule is NCc1cccc(C(N)c2ccc3c(c2)CCCC3)c1. The fraction of sp³-hybridized carbons (Fsp3) is 0.333. The lowest BCUT2D eigenvalue weighted by molar-refractivity contribution is 0.682. The maximum atomic E-state index is 6.43. The van der Waals surface area contributed by atoms with Gasteiger partial charge >= 0.3 is 0 Å². The van der Waals surface area contributed by atoms with Gasteiger partial charge in [-0.05, 0) is 53.5 Å². The Morgan fingerprint density at radius 2 is 1.65 bits per heavy atom. The molecule has 1 atom stereocenters. The molecule has 4 N–H and O–H groups in total. The van der Waals surface area contributed by atoms with Crippen LogP contribution in [0.5, 0.6) is 0 Å². The number of fused-ring (bicyclic) bond motifs is 1. The van der Waals surface area contributed by atoms with Crippen LogP contribution in [0.4, 0.5) is 0 Å². The second kappa shape index (κ2) is 5.78. The molecule has 3 rings (SSSR count). The minimum absolute atomic E-state index is 0.0614. The summed E-state index contributed by atoms with van der Waals surface area (Å²) in [6, 6.07) is 15.0. The molecule has 0 amide bonds. The van der Waals surface area contributed by atoms with E-state index in [2.05, 4.69) is 30.3 Å². The first kappa shape index (κ1) is 13.3. The quantitative estimate of drug-likeness (QED) is 0.897. The molecule has 1 unspecified atom stereocenters. The molecule has 0 aliphatic heterocycles.